The first-order valence-corrected chi connectivity index (χ1v) is 10.1. The van der Waals surface area contributed by atoms with Crippen LogP contribution in [-0.4, -0.2) is 13.6 Å². The summed E-state index contributed by atoms with van der Waals surface area (Å²) >= 11 is 1.39. The van der Waals surface area contributed by atoms with Gasteiger partial charge in [0.15, 0.2) is 5.76 Å². The average Bonchev–Trinajstić information content (AvgIpc) is 3.06. The molecule has 0 saturated carbocycles. The largest absolute Gasteiger partial charge is 0.355 e. The molecule has 0 saturated heterocycles. The standard InChI is InChI=1S/C18H20N2O3S2/c1-10-6-7-15(11(2)8-10)20-25(21,22)17-9-16(24-14(17)5)18-12(3)13(4)19-23-18/h6-9,20H,1-5H3. The van der Waals surface area contributed by atoms with Gasteiger partial charge in [-0.05, 0) is 52.3 Å². The Balaban J connectivity index is 1.99. The first kappa shape index (κ1) is 17.7. The van der Waals surface area contributed by atoms with Gasteiger partial charge in [-0.25, -0.2) is 8.42 Å². The number of benzene rings is 1. The van der Waals surface area contributed by atoms with Crippen molar-refractivity contribution in [1.29, 1.82) is 0 Å². The summed E-state index contributed by atoms with van der Waals surface area (Å²) in [5.41, 5.74) is 4.29. The van der Waals surface area contributed by atoms with Gasteiger partial charge in [0.1, 0.15) is 4.90 Å². The van der Waals surface area contributed by atoms with E-state index in [4.69, 9.17) is 4.52 Å². The van der Waals surface area contributed by atoms with Crippen LogP contribution < -0.4 is 4.72 Å². The second-order valence-electron chi connectivity index (χ2n) is 6.18. The monoisotopic (exact) mass is 376 g/mol. The number of nitrogens with one attached hydrogen (secondary N) is 1. The van der Waals surface area contributed by atoms with Crippen molar-refractivity contribution in [2.24, 2.45) is 0 Å². The lowest BCUT2D eigenvalue weighted by Crippen LogP contribution is -2.14. The number of aromatic nitrogens is 1. The predicted molar refractivity (Wildman–Crippen MR) is 101 cm³/mol. The van der Waals surface area contributed by atoms with Crippen LogP contribution in [0.25, 0.3) is 10.6 Å². The Morgan fingerprint density at radius 3 is 2.40 bits per heavy atom. The molecule has 1 aromatic carbocycles. The number of aryl methyl sites for hydroxylation is 4. The fourth-order valence-corrected chi connectivity index (χ4v) is 5.37. The lowest BCUT2D eigenvalue weighted by molar-refractivity contribution is 0.427. The Morgan fingerprint density at radius 2 is 1.80 bits per heavy atom. The summed E-state index contributed by atoms with van der Waals surface area (Å²) in [5.74, 6) is 0.624. The minimum Gasteiger partial charge on any atom is -0.355 e. The lowest BCUT2D eigenvalue weighted by Gasteiger charge is -2.10. The van der Waals surface area contributed by atoms with Gasteiger partial charge in [0, 0.05) is 10.4 Å². The van der Waals surface area contributed by atoms with Crippen molar-refractivity contribution in [2.45, 2.75) is 39.5 Å². The Kier molecular flexibility index (Phi) is 4.47. The van der Waals surface area contributed by atoms with Gasteiger partial charge in [0.05, 0.1) is 16.3 Å². The second kappa shape index (κ2) is 6.31. The number of nitrogens with zero attached hydrogens (tertiary/aromatic N) is 1. The molecular weight excluding hydrogens is 356 g/mol. The maximum absolute atomic E-state index is 12.8. The summed E-state index contributed by atoms with van der Waals surface area (Å²) in [6.45, 7) is 9.43. The van der Waals surface area contributed by atoms with Crippen molar-refractivity contribution < 1.29 is 12.9 Å². The molecule has 2 heterocycles. The number of thiophene rings is 1. The van der Waals surface area contributed by atoms with E-state index in [1.807, 2.05) is 39.8 Å². The normalized spacial score (nSPS) is 11.7. The van der Waals surface area contributed by atoms with E-state index >= 15 is 0 Å². The summed E-state index contributed by atoms with van der Waals surface area (Å²) in [6, 6.07) is 7.27. The van der Waals surface area contributed by atoms with E-state index in [9.17, 15) is 8.42 Å². The van der Waals surface area contributed by atoms with Gasteiger partial charge in [-0.2, -0.15) is 0 Å². The maximum Gasteiger partial charge on any atom is 0.263 e. The van der Waals surface area contributed by atoms with E-state index in [0.29, 0.717) is 16.3 Å². The van der Waals surface area contributed by atoms with Gasteiger partial charge in [-0.1, -0.05) is 22.9 Å². The number of sulfonamides is 1. The smallest absolute Gasteiger partial charge is 0.263 e. The Hall–Kier alpha value is -2.12. The van der Waals surface area contributed by atoms with Gasteiger partial charge < -0.3 is 4.52 Å². The molecule has 0 fully saturated rings. The SMILES string of the molecule is Cc1ccc(NS(=O)(=O)c2cc(-c3onc(C)c3C)sc2C)c(C)c1. The fourth-order valence-electron chi connectivity index (χ4n) is 2.62. The summed E-state index contributed by atoms with van der Waals surface area (Å²) in [6.07, 6.45) is 0. The van der Waals surface area contributed by atoms with Crippen molar-refractivity contribution in [2.75, 3.05) is 4.72 Å². The third-order valence-corrected chi connectivity index (χ3v) is 6.84. The molecule has 3 rings (SSSR count). The molecule has 0 spiro atoms. The van der Waals surface area contributed by atoms with Crippen LogP contribution in [0.3, 0.4) is 0 Å². The third kappa shape index (κ3) is 3.34. The highest BCUT2D eigenvalue weighted by atomic mass is 32.2. The number of hydrogen-bond donors (Lipinski definition) is 1. The maximum atomic E-state index is 12.8. The summed E-state index contributed by atoms with van der Waals surface area (Å²) in [7, 11) is -3.67. The van der Waals surface area contributed by atoms with Crippen LogP contribution in [0.4, 0.5) is 5.69 Å². The molecule has 25 heavy (non-hydrogen) atoms. The molecule has 3 aromatic rings. The zero-order chi connectivity index (χ0) is 18.4. The molecule has 0 amide bonds. The van der Waals surface area contributed by atoms with E-state index in [1.54, 1.807) is 19.1 Å². The number of hydrogen-bond acceptors (Lipinski definition) is 5. The highest BCUT2D eigenvalue weighted by Crippen LogP contribution is 2.36. The molecule has 0 radical (unpaired) electrons. The van der Waals surface area contributed by atoms with Crippen molar-refractivity contribution in [3.8, 4) is 10.6 Å². The number of anilines is 1. The van der Waals surface area contributed by atoms with E-state index in [-0.39, 0.29) is 4.90 Å². The van der Waals surface area contributed by atoms with Crippen LogP contribution in [0.15, 0.2) is 33.7 Å². The first-order valence-electron chi connectivity index (χ1n) is 7.83. The highest BCUT2D eigenvalue weighted by molar-refractivity contribution is 7.93. The van der Waals surface area contributed by atoms with Gasteiger partial charge in [-0.15, -0.1) is 11.3 Å². The quantitative estimate of drug-likeness (QED) is 0.713. The summed E-state index contributed by atoms with van der Waals surface area (Å²) in [4.78, 5) is 1.73. The van der Waals surface area contributed by atoms with E-state index in [1.165, 1.54) is 11.3 Å². The summed E-state index contributed by atoms with van der Waals surface area (Å²) < 4.78 is 33.7. The zero-order valence-corrected chi connectivity index (χ0v) is 16.4. The highest BCUT2D eigenvalue weighted by Gasteiger charge is 2.23. The first-order chi connectivity index (χ1) is 11.7. The Morgan fingerprint density at radius 1 is 1.08 bits per heavy atom. The minimum atomic E-state index is -3.67. The molecule has 0 bridgehead atoms. The van der Waals surface area contributed by atoms with Crippen LogP contribution in [0.1, 0.15) is 27.3 Å². The molecule has 2 aromatic heterocycles. The Bertz CT molecular complexity index is 1050. The predicted octanol–water partition coefficient (Wildman–Crippen LogP) is 4.75. The van der Waals surface area contributed by atoms with Crippen LogP contribution in [0.2, 0.25) is 0 Å². The van der Waals surface area contributed by atoms with E-state index in [0.717, 1.165) is 27.3 Å². The molecule has 0 aliphatic rings. The van der Waals surface area contributed by atoms with Crippen molar-refractivity contribution >= 4 is 27.0 Å². The van der Waals surface area contributed by atoms with Gasteiger partial charge in [0.25, 0.3) is 10.0 Å². The van der Waals surface area contributed by atoms with Crippen molar-refractivity contribution in [3.05, 3.63) is 51.5 Å². The van der Waals surface area contributed by atoms with Crippen molar-refractivity contribution in [3.63, 3.8) is 0 Å². The van der Waals surface area contributed by atoms with Gasteiger partial charge in [-0.3, -0.25) is 4.72 Å². The summed E-state index contributed by atoms with van der Waals surface area (Å²) in [5, 5.41) is 3.95. The molecule has 0 atom stereocenters. The van der Waals surface area contributed by atoms with Crippen LogP contribution in [-0.2, 0) is 10.0 Å². The van der Waals surface area contributed by atoms with Crippen LogP contribution in [0, 0.1) is 34.6 Å². The minimum absolute atomic E-state index is 0.265. The average molecular weight is 377 g/mol. The van der Waals surface area contributed by atoms with Crippen molar-refractivity contribution in [1.82, 2.24) is 5.16 Å². The third-order valence-electron chi connectivity index (χ3n) is 4.17. The molecule has 0 aliphatic carbocycles. The molecule has 0 unspecified atom stereocenters. The van der Waals surface area contributed by atoms with Gasteiger partial charge >= 0.3 is 0 Å². The van der Waals surface area contributed by atoms with Gasteiger partial charge in [0.2, 0.25) is 0 Å². The molecule has 7 heteroatoms. The topological polar surface area (TPSA) is 72.2 Å². The Labute approximate surface area is 151 Å². The van der Waals surface area contributed by atoms with Crippen LogP contribution >= 0.6 is 11.3 Å². The molecule has 132 valence electrons. The van der Waals surface area contributed by atoms with Crippen LogP contribution in [0.5, 0.6) is 0 Å². The molecule has 0 aliphatic heterocycles. The molecular formula is C18H20N2O3S2. The van der Waals surface area contributed by atoms with E-state index in [2.05, 4.69) is 9.88 Å². The van der Waals surface area contributed by atoms with E-state index < -0.39 is 10.0 Å². The molecule has 5 nitrogen and oxygen atoms in total. The number of rotatable bonds is 4. The molecule has 1 N–H and O–H groups in total. The fraction of sp³-hybridized carbons (Fsp3) is 0.278. The second-order valence-corrected chi connectivity index (χ2v) is 9.08. The lowest BCUT2D eigenvalue weighted by atomic mass is 10.1. The zero-order valence-electron chi connectivity index (χ0n) is 14.8.